The molecule has 2 rings (SSSR count). The molecule has 0 aromatic heterocycles. The van der Waals surface area contributed by atoms with Crippen molar-refractivity contribution in [2.75, 3.05) is 0 Å². The Labute approximate surface area is 120 Å². The number of carboxylic acid groups (broad SMARTS) is 1. The zero-order valence-corrected chi connectivity index (χ0v) is 12.6. The molecule has 0 radical (unpaired) electrons. The Morgan fingerprint density at radius 1 is 1.15 bits per heavy atom. The first kappa shape index (κ1) is 14.9. The third kappa shape index (κ3) is 2.54. The molecule has 20 heavy (non-hydrogen) atoms. The Kier molecular flexibility index (Phi) is 3.81. The van der Waals surface area contributed by atoms with Crippen LogP contribution in [0.5, 0.6) is 5.75 Å². The van der Waals surface area contributed by atoms with Crippen molar-refractivity contribution in [3.63, 3.8) is 0 Å². The van der Waals surface area contributed by atoms with E-state index in [2.05, 4.69) is 0 Å². The average Bonchev–Trinajstić information content (AvgIpc) is 2.38. The van der Waals surface area contributed by atoms with Crippen LogP contribution in [0.3, 0.4) is 0 Å². The first-order valence-electron chi connectivity index (χ1n) is 7.35. The summed E-state index contributed by atoms with van der Waals surface area (Å²) in [4.78, 5) is 11.9. The highest BCUT2D eigenvalue weighted by Gasteiger charge is 2.41. The largest absolute Gasteiger partial charge is 0.508 e. The second kappa shape index (κ2) is 5.12. The smallest absolute Gasteiger partial charge is 0.314 e. The van der Waals surface area contributed by atoms with Crippen LogP contribution in [0.2, 0.25) is 0 Å². The molecular weight excluding hydrogens is 252 g/mol. The number of aromatic hydroxyl groups is 1. The van der Waals surface area contributed by atoms with Gasteiger partial charge in [-0.2, -0.15) is 0 Å². The number of hydrogen-bond donors (Lipinski definition) is 2. The van der Waals surface area contributed by atoms with E-state index in [1.165, 1.54) is 0 Å². The van der Waals surface area contributed by atoms with Crippen LogP contribution in [0, 0.1) is 0 Å². The molecule has 0 heterocycles. The van der Waals surface area contributed by atoms with Gasteiger partial charge in [0, 0.05) is 0 Å². The van der Waals surface area contributed by atoms with Gasteiger partial charge in [-0.05, 0) is 35.4 Å². The Morgan fingerprint density at radius 2 is 1.75 bits per heavy atom. The zero-order chi connectivity index (χ0) is 15.0. The van der Waals surface area contributed by atoms with Gasteiger partial charge in [-0.1, -0.05) is 52.2 Å². The molecule has 0 saturated heterocycles. The van der Waals surface area contributed by atoms with E-state index in [1.54, 1.807) is 12.1 Å². The minimum atomic E-state index is -0.772. The lowest BCUT2D eigenvalue weighted by molar-refractivity contribution is -0.145. The maximum absolute atomic E-state index is 11.9. The number of phenolic OH excluding ortho intramolecular Hbond substituents is 1. The molecule has 3 heteroatoms. The minimum Gasteiger partial charge on any atom is -0.508 e. The first-order valence-corrected chi connectivity index (χ1v) is 7.35. The minimum absolute atomic E-state index is 0.200. The van der Waals surface area contributed by atoms with Gasteiger partial charge >= 0.3 is 5.97 Å². The van der Waals surface area contributed by atoms with Crippen molar-refractivity contribution in [3.8, 4) is 5.75 Å². The van der Waals surface area contributed by atoms with E-state index in [1.807, 2.05) is 26.8 Å². The van der Waals surface area contributed by atoms with E-state index in [0.717, 1.165) is 30.4 Å². The molecule has 0 spiro atoms. The molecule has 0 aliphatic heterocycles. The third-order valence-corrected chi connectivity index (χ3v) is 4.47. The van der Waals surface area contributed by atoms with Crippen LogP contribution >= 0.6 is 0 Å². The highest BCUT2D eigenvalue weighted by molar-refractivity contribution is 5.81. The van der Waals surface area contributed by atoms with E-state index in [9.17, 15) is 15.0 Å². The molecule has 1 aromatic carbocycles. The van der Waals surface area contributed by atoms with Gasteiger partial charge in [0.1, 0.15) is 5.75 Å². The summed E-state index contributed by atoms with van der Waals surface area (Å²) in [6.45, 7) is 6.08. The molecule has 0 amide bonds. The van der Waals surface area contributed by atoms with Gasteiger partial charge in [0.25, 0.3) is 0 Å². The molecule has 1 aliphatic carbocycles. The van der Waals surface area contributed by atoms with Crippen LogP contribution in [0.25, 0.3) is 0 Å². The van der Waals surface area contributed by atoms with E-state index in [-0.39, 0.29) is 11.2 Å². The van der Waals surface area contributed by atoms with Crippen LogP contribution in [-0.2, 0) is 15.6 Å². The number of hydrogen-bond acceptors (Lipinski definition) is 2. The van der Waals surface area contributed by atoms with Gasteiger partial charge in [0.15, 0.2) is 0 Å². The summed E-state index contributed by atoms with van der Waals surface area (Å²) < 4.78 is 0. The molecule has 3 nitrogen and oxygen atoms in total. The molecule has 1 aromatic rings. The molecule has 1 aliphatic rings. The van der Waals surface area contributed by atoms with Crippen molar-refractivity contribution in [2.24, 2.45) is 0 Å². The van der Waals surface area contributed by atoms with Crippen LogP contribution < -0.4 is 0 Å². The predicted octanol–water partition coefficient (Wildman–Crippen LogP) is 3.98. The van der Waals surface area contributed by atoms with Gasteiger partial charge < -0.3 is 10.2 Å². The van der Waals surface area contributed by atoms with Gasteiger partial charge in [-0.15, -0.1) is 0 Å². The van der Waals surface area contributed by atoms with Gasteiger partial charge in [0.05, 0.1) is 5.41 Å². The Balaban J connectivity index is 2.53. The summed E-state index contributed by atoms with van der Waals surface area (Å²) in [6, 6.07) is 5.33. The Bertz CT molecular complexity index is 505. The summed E-state index contributed by atoms with van der Waals surface area (Å²) in [5.74, 6) is -0.486. The van der Waals surface area contributed by atoms with Gasteiger partial charge in [-0.3, -0.25) is 4.79 Å². The lowest BCUT2D eigenvalue weighted by Gasteiger charge is -2.34. The number of phenols is 1. The van der Waals surface area contributed by atoms with Crippen LogP contribution in [0.1, 0.15) is 64.0 Å². The molecule has 0 bridgehead atoms. The fraction of sp³-hybridized carbons (Fsp3) is 0.588. The maximum atomic E-state index is 11.9. The molecule has 0 atom stereocenters. The van der Waals surface area contributed by atoms with Gasteiger partial charge in [0.2, 0.25) is 0 Å². The standard InChI is InChI=1S/C17H24O3/c1-16(2,3)13-11-12(7-8-14(13)18)17(15(19)20)9-5-4-6-10-17/h7-8,11,18H,4-6,9-10H2,1-3H3,(H,19,20). The lowest BCUT2D eigenvalue weighted by Crippen LogP contribution is -2.38. The molecule has 0 unspecified atom stereocenters. The number of rotatable bonds is 2. The van der Waals surface area contributed by atoms with Crippen molar-refractivity contribution >= 4 is 5.97 Å². The van der Waals surface area contributed by atoms with Crippen molar-refractivity contribution in [2.45, 2.75) is 63.7 Å². The van der Waals surface area contributed by atoms with E-state index in [4.69, 9.17) is 0 Å². The van der Waals surface area contributed by atoms with Crippen molar-refractivity contribution in [3.05, 3.63) is 29.3 Å². The molecule has 2 N–H and O–H groups in total. The van der Waals surface area contributed by atoms with E-state index < -0.39 is 11.4 Å². The monoisotopic (exact) mass is 276 g/mol. The highest BCUT2D eigenvalue weighted by Crippen LogP contribution is 2.42. The Hall–Kier alpha value is -1.51. The first-order chi connectivity index (χ1) is 9.27. The zero-order valence-electron chi connectivity index (χ0n) is 12.6. The van der Waals surface area contributed by atoms with Crippen molar-refractivity contribution in [1.82, 2.24) is 0 Å². The molecule has 110 valence electrons. The molecule has 1 saturated carbocycles. The lowest BCUT2D eigenvalue weighted by atomic mass is 9.68. The number of benzene rings is 1. The fourth-order valence-corrected chi connectivity index (χ4v) is 3.22. The number of aliphatic carboxylic acids is 1. The van der Waals surface area contributed by atoms with Crippen LogP contribution in [0.4, 0.5) is 0 Å². The maximum Gasteiger partial charge on any atom is 0.314 e. The molecular formula is C17H24O3. The van der Waals surface area contributed by atoms with Crippen molar-refractivity contribution < 1.29 is 15.0 Å². The summed E-state index contributed by atoms with van der Waals surface area (Å²) in [5.41, 5.74) is 0.689. The summed E-state index contributed by atoms with van der Waals surface area (Å²) >= 11 is 0. The number of carbonyl (C=O) groups is 1. The van der Waals surface area contributed by atoms with Crippen molar-refractivity contribution in [1.29, 1.82) is 0 Å². The summed E-state index contributed by atoms with van der Waals surface area (Å²) in [6.07, 6.45) is 4.41. The Morgan fingerprint density at radius 3 is 2.25 bits per heavy atom. The number of carboxylic acids is 1. The normalized spacial score (nSPS) is 18.8. The topological polar surface area (TPSA) is 57.5 Å². The highest BCUT2D eigenvalue weighted by atomic mass is 16.4. The fourth-order valence-electron chi connectivity index (χ4n) is 3.22. The summed E-state index contributed by atoms with van der Waals surface area (Å²) in [7, 11) is 0. The average molecular weight is 276 g/mol. The second-order valence-corrected chi connectivity index (χ2v) is 6.93. The SMILES string of the molecule is CC(C)(C)c1cc(C2(C(=O)O)CCCCC2)ccc1O. The molecule has 1 fully saturated rings. The van der Waals surface area contributed by atoms with Crippen LogP contribution in [0.15, 0.2) is 18.2 Å². The third-order valence-electron chi connectivity index (χ3n) is 4.47. The predicted molar refractivity (Wildman–Crippen MR) is 79.2 cm³/mol. The summed E-state index contributed by atoms with van der Waals surface area (Å²) in [5, 5.41) is 19.8. The quantitative estimate of drug-likeness (QED) is 0.859. The second-order valence-electron chi connectivity index (χ2n) is 6.93. The van der Waals surface area contributed by atoms with E-state index >= 15 is 0 Å². The van der Waals surface area contributed by atoms with Gasteiger partial charge in [-0.25, -0.2) is 0 Å². The van der Waals surface area contributed by atoms with Crippen LogP contribution in [-0.4, -0.2) is 16.2 Å². The van der Waals surface area contributed by atoms with E-state index in [0.29, 0.717) is 12.8 Å².